The van der Waals surface area contributed by atoms with Crippen LogP contribution >= 0.6 is 15.9 Å². The van der Waals surface area contributed by atoms with E-state index >= 15 is 0 Å². The van der Waals surface area contributed by atoms with Crippen LogP contribution in [0.25, 0.3) is 0 Å². The van der Waals surface area contributed by atoms with E-state index in [2.05, 4.69) is 31.1 Å². The van der Waals surface area contributed by atoms with Gasteiger partial charge in [0, 0.05) is 36.0 Å². The van der Waals surface area contributed by atoms with Crippen LogP contribution in [0.4, 0.5) is 4.39 Å². The molecule has 0 aliphatic carbocycles. The third-order valence-corrected chi connectivity index (χ3v) is 5.81. The second-order valence-corrected chi connectivity index (χ2v) is 7.88. The number of H-pyrrole nitrogens is 1. The van der Waals surface area contributed by atoms with Crippen molar-refractivity contribution in [2.24, 2.45) is 4.99 Å². The maximum atomic E-state index is 13.7. The van der Waals surface area contributed by atoms with Gasteiger partial charge >= 0.3 is 5.97 Å². The first-order valence-corrected chi connectivity index (χ1v) is 10.4. The highest BCUT2D eigenvalue weighted by atomic mass is 79.9. The van der Waals surface area contributed by atoms with Crippen molar-refractivity contribution in [2.45, 2.75) is 6.04 Å². The van der Waals surface area contributed by atoms with E-state index in [1.807, 2.05) is 18.3 Å². The van der Waals surface area contributed by atoms with Gasteiger partial charge in [0.2, 0.25) is 0 Å². The van der Waals surface area contributed by atoms with Crippen molar-refractivity contribution >= 4 is 27.7 Å². The van der Waals surface area contributed by atoms with Crippen molar-refractivity contribution < 1.29 is 18.7 Å². The lowest BCUT2D eigenvalue weighted by Crippen LogP contribution is -2.43. The number of morpholine rings is 1. The van der Waals surface area contributed by atoms with Crippen molar-refractivity contribution in [3.8, 4) is 0 Å². The van der Waals surface area contributed by atoms with Crippen LogP contribution in [0.5, 0.6) is 0 Å². The Kier molecular flexibility index (Phi) is 6.31. The lowest BCUT2D eigenvalue weighted by atomic mass is 9.95. The molecule has 9 heteroatoms. The summed E-state index contributed by atoms with van der Waals surface area (Å²) >= 11 is 3.43. The number of aliphatic imine (C=N–C) groups is 1. The van der Waals surface area contributed by atoms with Gasteiger partial charge in [-0.2, -0.15) is 0 Å². The predicted octanol–water partition coefficient (Wildman–Crippen LogP) is 2.77. The van der Waals surface area contributed by atoms with Gasteiger partial charge in [-0.3, -0.25) is 9.89 Å². The van der Waals surface area contributed by atoms with Crippen LogP contribution in [0.3, 0.4) is 0 Å². The summed E-state index contributed by atoms with van der Waals surface area (Å²) in [4.78, 5) is 23.0. The number of rotatable bonds is 5. The molecule has 1 atom stereocenters. The van der Waals surface area contributed by atoms with Crippen LogP contribution in [-0.4, -0.2) is 61.6 Å². The topological polar surface area (TPSA) is 79.0 Å². The van der Waals surface area contributed by atoms with Gasteiger partial charge in [0.25, 0.3) is 0 Å². The fraction of sp³-hybridized carbons (Fsp3) is 0.333. The van der Waals surface area contributed by atoms with E-state index in [1.54, 1.807) is 6.07 Å². The van der Waals surface area contributed by atoms with Crippen LogP contribution in [0.2, 0.25) is 0 Å². The van der Waals surface area contributed by atoms with E-state index in [1.165, 1.54) is 19.2 Å². The number of hydrogen-bond donors (Lipinski definition) is 2. The Bertz CT molecular complexity index is 984. The summed E-state index contributed by atoms with van der Waals surface area (Å²) < 4.78 is 24.8. The molecule has 0 amide bonds. The predicted molar refractivity (Wildman–Crippen MR) is 114 cm³/mol. The smallest absolute Gasteiger partial charge is 0.338 e. The monoisotopic (exact) mass is 476 g/mol. The minimum Gasteiger partial charge on any atom is -0.466 e. The summed E-state index contributed by atoms with van der Waals surface area (Å²) in [5.41, 5.74) is 2.60. The van der Waals surface area contributed by atoms with Crippen LogP contribution in [0.15, 0.2) is 57.3 Å². The number of nitrogens with zero attached hydrogens (tertiary/aromatic N) is 2. The number of amidine groups is 1. The van der Waals surface area contributed by atoms with Crippen LogP contribution in [-0.2, 0) is 14.3 Å². The maximum Gasteiger partial charge on any atom is 0.338 e. The number of carbonyl (C=O) groups is 1. The van der Waals surface area contributed by atoms with Crippen LogP contribution in [0, 0.1) is 5.82 Å². The van der Waals surface area contributed by atoms with Crippen molar-refractivity contribution in [3.63, 3.8) is 0 Å². The standard InChI is InChI=1S/C21H22BrFN4O3/c1-29-21(28)18-17(12-27-7-9-30-10-8-27)25-20(16-3-2-6-24-16)26-19(18)14-5-4-13(23)11-15(14)22/h2-6,11,19,24H,7-10,12H2,1H3,(H,25,26). The van der Waals surface area contributed by atoms with Gasteiger partial charge in [0.05, 0.1) is 31.6 Å². The van der Waals surface area contributed by atoms with E-state index < -0.39 is 12.0 Å². The molecule has 1 unspecified atom stereocenters. The Labute approximate surface area is 182 Å². The van der Waals surface area contributed by atoms with Crippen molar-refractivity contribution in [2.75, 3.05) is 40.0 Å². The number of nitrogens with one attached hydrogen (secondary N) is 2. The van der Waals surface area contributed by atoms with E-state index in [0.717, 1.165) is 18.8 Å². The Morgan fingerprint density at radius 1 is 1.37 bits per heavy atom. The molecule has 1 aromatic carbocycles. The molecule has 2 aromatic rings. The molecule has 1 aromatic heterocycles. The molecule has 2 aliphatic rings. The minimum atomic E-state index is -0.650. The Morgan fingerprint density at radius 3 is 2.83 bits per heavy atom. The fourth-order valence-electron chi connectivity index (χ4n) is 3.62. The molecular weight excluding hydrogens is 455 g/mol. The number of carbonyl (C=O) groups excluding carboxylic acids is 1. The molecule has 0 spiro atoms. The van der Waals surface area contributed by atoms with E-state index in [-0.39, 0.29) is 5.82 Å². The first kappa shape index (κ1) is 20.8. The van der Waals surface area contributed by atoms with Crippen molar-refractivity contribution in [1.29, 1.82) is 0 Å². The van der Waals surface area contributed by atoms with E-state index in [0.29, 0.717) is 46.9 Å². The normalized spacial score (nSPS) is 20.0. The van der Waals surface area contributed by atoms with E-state index in [9.17, 15) is 9.18 Å². The van der Waals surface area contributed by atoms with Gasteiger partial charge in [0.15, 0.2) is 0 Å². The highest BCUT2D eigenvalue weighted by molar-refractivity contribution is 9.10. The van der Waals surface area contributed by atoms with Crippen molar-refractivity contribution in [3.05, 3.63) is 69.3 Å². The third kappa shape index (κ3) is 4.33. The molecule has 0 saturated carbocycles. The molecule has 4 rings (SSSR count). The first-order valence-electron chi connectivity index (χ1n) is 9.62. The van der Waals surface area contributed by atoms with Gasteiger partial charge < -0.3 is 19.8 Å². The van der Waals surface area contributed by atoms with Gasteiger partial charge in [0.1, 0.15) is 17.7 Å². The summed E-state index contributed by atoms with van der Waals surface area (Å²) in [6.07, 6.45) is 1.81. The van der Waals surface area contributed by atoms with E-state index in [4.69, 9.17) is 14.5 Å². The highest BCUT2D eigenvalue weighted by Crippen LogP contribution is 2.36. The summed E-state index contributed by atoms with van der Waals surface area (Å²) in [6.45, 7) is 3.33. The van der Waals surface area contributed by atoms with Gasteiger partial charge in [-0.15, -0.1) is 0 Å². The number of aromatic nitrogens is 1. The van der Waals surface area contributed by atoms with Crippen LogP contribution < -0.4 is 5.32 Å². The lowest BCUT2D eigenvalue weighted by molar-refractivity contribution is -0.136. The zero-order chi connectivity index (χ0) is 21.1. The molecule has 0 radical (unpaired) electrons. The minimum absolute atomic E-state index is 0.370. The number of methoxy groups -OCH3 is 1. The summed E-state index contributed by atoms with van der Waals surface area (Å²) in [5, 5.41) is 3.32. The average molecular weight is 477 g/mol. The number of esters is 1. The maximum absolute atomic E-state index is 13.7. The van der Waals surface area contributed by atoms with Gasteiger partial charge in [-0.25, -0.2) is 9.18 Å². The zero-order valence-electron chi connectivity index (χ0n) is 16.5. The largest absolute Gasteiger partial charge is 0.466 e. The number of ether oxygens (including phenoxy) is 2. The molecule has 2 N–H and O–H groups in total. The summed E-state index contributed by atoms with van der Waals surface area (Å²) in [6, 6.07) is 7.51. The number of hydrogen-bond acceptors (Lipinski definition) is 6. The molecule has 158 valence electrons. The second kappa shape index (κ2) is 9.11. The number of benzene rings is 1. The summed E-state index contributed by atoms with van der Waals surface area (Å²) in [7, 11) is 1.35. The second-order valence-electron chi connectivity index (χ2n) is 7.03. The highest BCUT2D eigenvalue weighted by Gasteiger charge is 2.34. The molecule has 7 nitrogen and oxygen atoms in total. The van der Waals surface area contributed by atoms with Crippen molar-refractivity contribution in [1.82, 2.24) is 15.2 Å². The molecular formula is C21H22BrFN4O3. The van der Waals surface area contributed by atoms with Gasteiger partial charge in [-0.05, 0) is 29.8 Å². The quantitative estimate of drug-likeness (QED) is 0.648. The molecule has 0 bridgehead atoms. The Morgan fingerprint density at radius 2 is 2.17 bits per heavy atom. The third-order valence-electron chi connectivity index (χ3n) is 5.13. The Hall–Kier alpha value is -2.49. The SMILES string of the molecule is COC(=O)C1=C(CN2CCOCC2)NC(c2ccc[nH]2)=NC1c1ccc(F)cc1Br. The number of halogens is 2. The molecule has 1 fully saturated rings. The molecule has 2 aliphatic heterocycles. The van der Waals surface area contributed by atoms with Gasteiger partial charge in [-0.1, -0.05) is 22.0 Å². The molecule has 30 heavy (non-hydrogen) atoms. The number of aromatic amines is 1. The summed E-state index contributed by atoms with van der Waals surface area (Å²) in [5.74, 6) is -0.233. The zero-order valence-corrected chi connectivity index (χ0v) is 18.0. The molecule has 1 saturated heterocycles. The van der Waals surface area contributed by atoms with Crippen LogP contribution in [0.1, 0.15) is 17.3 Å². The lowest BCUT2D eigenvalue weighted by Gasteiger charge is -2.32. The fourth-order valence-corrected chi connectivity index (χ4v) is 4.18. The average Bonchev–Trinajstić information content (AvgIpc) is 3.28. The molecule has 3 heterocycles. The first-order chi connectivity index (χ1) is 14.6. The Balaban J connectivity index is 1.81.